The molecule has 1 aromatic carbocycles. The number of benzene rings is 1. The van der Waals surface area contributed by atoms with Crippen molar-refractivity contribution in [1.82, 2.24) is 9.62 Å². The van der Waals surface area contributed by atoms with Crippen molar-refractivity contribution >= 4 is 21.8 Å². The van der Waals surface area contributed by atoms with Crippen LogP contribution in [0, 0.1) is 0 Å². The molecule has 6 heteroatoms. The van der Waals surface area contributed by atoms with Gasteiger partial charge in [-0.1, -0.05) is 12.1 Å². The third-order valence-electron chi connectivity index (χ3n) is 3.62. The Morgan fingerprint density at radius 1 is 1.29 bits per heavy atom. The number of likely N-dealkylation sites (N-methyl/N-ethyl adjacent to an activating group) is 1. The molecule has 0 aliphatic rings. The van der Waals surface area contributed by atoms with Crippen molar-refractivity contribution in [1.29, 1.82) is 0 Å². The number of nitrogens with one attached hydrogen (secondary N) is 1. The molecule has 1 N–H and O–H groups in total. The molecular formula is C15H26N2O2S2. The van der Waals surface area contributed by atoms with Gasteiger partial charge in [-0.25, -0.2) is 8.42 Å². The lowest BCUT2D eigenvalue weighted by atomic mass is 10.1. The van der Waals surface area contributed by atoms with Gasteiger partial charge >= 0.3 is 0 Å². The molecule has 0 saturated heterocycles. The quantitative estimate of drug-likeness (QED) is 0.754. The summed E-state index contributed by atoms with van der Waals surface area (Å²) in [4.78, 5) is 0.370. The SMILES string of the molecule is CNCCc1ccc(S(=O)(=O)N(C)C(C)CCSC)cc1. The lowest BCUT2D eigenvalue weighted by Crippen LogP contribution is -2.35. The third kappa shape index (κ3) is 5.29. The van der Waals surface area contributed by atoms with Crippen LogP contribution in [0.3, 0.4) is 0 Å². The van der Waals surface area contributed by atoms with E-state index in [1.165, 1.54) is 4.31 Å². The molecule has 21 heavy (non-hydrogen) atoms. The summed E-state index contributed by atoms with van der Waals surface area (Å²) in [6, 6.07) is 7.21. The summed E-state index contributed by atoms with van der Waals surface area (Å²) in [5.41, 5.74) is 1.14. The Hall–Kier alpha value is -0.560. The second-order valence-corrected chi connectivity index (χ2v) is 8.13. The molecule has 0 aromatic heterocycles. The lowest BCUT2D eigenvalue weighted by molar-refractivity contribution is 0.382. The first-order valence-electron chi connectivity index (χ1n) is 7.14. The van der Waals surface area contributed by atoms with E-state index in [0.717, 1.165) is 30.7 Å². The van der Waals surface area contributed by atoms with Crippen LogP contribution < -0.4 is 5.32 Å². The molecule has 1 unspecified atom stereocenters. The first kappa shape index (κ1) is 18.5. The number of nitrogens with zero attached hydrogens (tertiary/aromatic N) is 1. The summed E-state index contributed by atoms with van der Waals surface area (Å²) in [7, 11) is 0.171. The summed E-state index contributed by atoms with van der Waals surface area (Å²) >= 11 is 1.74. The van der Waals surface area contributed by atoms with Crippen molar-refractivity contribution in [3.8, 4) is 0 Å². The average Bonchev–Trinajstić information content (AvgIpc) is 2.50. The maximum absolute atomic E-state index is 12.6. The molecule has 0 heterocycles. The largest absolute Gasteiger partial charge is 0.319 e. The molecule has 0 fully saturated rings. The minimum Gasteiger partial charge on any atom is -0.319 e. The van der Waals surface area contributed by atoms with E-state index < -0.39 is 10.0 Å². The van der Waals surface area contributed by atoms with Crippen molar-refractivity contribution < 1.29 is 8.42 Å². The van der Waals surface area contributed by atoms with Gasteiger partial charge in [-0.2, -0.15) is 16.1 Å². The van der Waals surface area contributed by atoms with Crippen LogP contribution in [0.4, 0.5) is 0 Å². The minimum atomic E-state index is -3.40. The molecule has 0 spiro atoms. The van der Waals surface area contributed by atoms with Crippen LogP contribution in [0.25, 0.3) is 0 Å². The van der Waals surface area contributed by atoms with Crippen LogP contribution >= 0.6 is 11.8 Å². The monoisotopic (exact) mass is 330 g/mol. The van der Waals surface area contributed by atoms with Crippen LogP contribution in [0.2, 0.25) is 0 Å². The maximum Gasteiger partial charge on any atom is 0.243 e. The summed E-state index contributed by atoms with van der Waals surface area (Å²) in [6.07, 6.45) is 3.79. The van der Waals surface area contributed by atoms with Crippen molar-refractivity contribution in [2.45, 2.75) is 30.7 Å². The number of sulfonamides is 1. The molecule has 0 saturated carbocycles. The van der Waals surface area contributed by atoms with Gasteiger partial charge in [0.15, 0.2) is 0 Å². The smallest absolute Gasteiger partial charge is 0.243 e. The van der Waals surface area contributed by atoms with E-state index in [9.17, 15) is 8.42 Å². The molecule has 4 nitrogen and oxygen atoms in total. The number of rotatable bonds is 9. The van der Waals surface area contributed by atoms with Gasteiger partial charge in [-0.3, -0.25) is 0 Å². The van der Waals surface area contributed by atoms with Crippen molar-refractivity contribution in [2.75, 3.05) is 32.6 Å². The Balaban J connectivity index is 2.81. The highest BCUT2D eigenvalue weighted by Gasteiger charge is 2.24. The van der Waals surface area contributed by atoms with E-state index in [4.69, 9.17) is 0 Å². The molecule has 0 amide bonds. The van der Waals surface area contributed by atoms with Gasteiger partial charge in [0.25, 0.3) is 0 Å². The highest BCUT2D eigenvalue weighted by atomic mass is 32.2. The number of thioether (sulfide) groups is 1. The van der Waals surface area contributed by atoms with E-state index in [1.807, 2.05) is 32.4 Å². The first-order valence-corrected chi connectivity index (χ1v) is 9.97. The summed E-state index contributed by atoms with van der Waals surface area (Å²) < 4.78 is 26.6. The summed E-state index contributed by atoms with van der Waals surface area (Å²) in [5.74, 6) is 0.962. The molecule has 0 bridgehead atoms. The highest BCUT2D eigenvalue weighted by molar-refractivity contribution is 7.98. The second kappa shape index (κ2) is 8.78. The molecule has 120 valence electrons. The second-order valence-electron chi connectivity index (χ2n) is 5.15. The van der Waals surface area contributed by atoms with Crippen LogP contribution in [0.5, 0.6) is 0 Å². The molecule has 0 aliphatic heterocycles. The normalized spacial score (nSPS) is 13.6. The van der Waals surface area contributed by atoms with Gasteiger partial charge in [0.2, 0.25) is 10.0 Å². The lowest BCUT2D eigenvalue weighted by Gasteiger charge is -2.24. The molecule has 0 radical (unpaired) electrons. The minimum absolute atomic E-state index is 0.00594. The zero-order chi connectivity index (χ0) is 15.9. The maximum atomic E-state index is 12.6. The fourth-order valence-electron chi connectivity index (χ4n) is 1.97. The van der Waals surface area contributed by atoms with Crippen LogP contribution in [0.1, 0.15) is 18.9 Å². The topological polar surface area (TPSA) is 49.4 Å². The van der Waals surface area contributed by atoms with E-state index in [0.29, 0.717) is 4.90 Å². The zero-order valence-electron chi connectivity index (χ0n) is 13.3. The molecule has 1 aromatic rings. The Morgan fingerprint density at radius 3 is 2.43 bits per heavy atom. The molecular weight excluding hydrogens is 304 g/mol. The average molecular weight is 331 g/mol. The molecule has 1 rings (SSSR count). The van der Waals surface area contributed by atoms with Crippen molar-refractivity contribution in [2.24, 2.45) is 0 Å². The van der Waals surface area contributed by atoms with E-state index in [-0.39, 0.29) is 6.04 Å². The molecule has 0 aliphatic carbocycles. The van der Waals surface area contributed by atoms with Gasteiger partial charge in [0.05, 0.1) is 4.90 Å². The van der Waals surface area contributed by atoms with E-state index in [2.05, 4.69) is 5.32 Å². The van der Waals surface area contributed by atoms with E-state index in [1.54, 1.807) is 30.9 Å². The Bertz CT molecular complexity index is 515. The summed E-state index contributed by atoms with van der Waals surface area (Å²) in [5, 5.41) is 3.09. The Morgan fingerprint density at radius 2 is 1.90 bits per heavy atom. The van der Waals surface area contributed by atoms with Gasteiger partial charge < -0.3 is 5.32 Å². The van der Waals surface area contributed by atoms with Crippen LogP contribution in [-0.4, -0.2) is 51.4 Å². The van der Waals surface area contributed by atoms with Crippen molar-refractivity contribution in [3.63, 3.8) is 0 Å². The molecule has 1 atom stereocenters. The predicted molar refractivity (Wildman–Crippen MR) is 91.5 cm³/mol. The van der Waals surface area contributed by atoms with Gasteiger partial charge in [-0.05, 0) is 63.1 Å². The van der Waals surface area contributed by atoms with Crippen molar-refractivity contribution in [3.05, 3.63) is 29.8 Å². The Kier molecular flexibility index (Phi) is 7.73. The number of hydrogen-bond donors (Lipinski definition) is 1. The highest BCUT2D eigenvalue weighted by Crippen LogP contribution is 2.19. The predicted octanol–water partition coefficient (Wildman–Crippen LogP) is 2.21. The standard InChI is InChI=1S/C15H26N2O2S2/c1-13(10-12-20-4)17(3)21(18,19)15-7-5-14(6-8-15)9-11-16-2/h5-8,13,16H,9-12H2,1-4H3. The summed E-state index contributed by atoms with van der Waals surface area (Å²) in [6.45, 7) is 2.84. The van der Waals surface area contributed by atoms with E-state index >= 15 is 0 Å². The number of hydrogen-bond acceptors (Lipinski definition) is 4. The first-order chi connectivity index (χ1) is 9.93. The third-order valence-corrected chi connectivity index (χ3v) is 6.25. The Labute approximate surface area is 133 Å². The van der Waals surface area contributed by atoms with Gasteiger partial charge in [-0.15, -0.1) is 0 Å². The fraction of sp³-hybridized carbons (Fsp3) is 0.600. The van der Waals surface area contributed by atoms with Crippen LogP contribution in [0.15, 0.2) is 29.2 Å². The van der Waals surface area contributed by atoms with Gasteiger partial charge in [0.1, 0.15) is 0 Å². The fourth-order valence-corrected chi connectivity index (χ4v) is 3.94. The van der Waals surface area contributed by atoms with Crippen LogP contribution in [-0.2, 0) is 16.4 Å². The van der Waals surface area contributed by atoms with Gasteiger partial charge in [0, 0.05) is 13.1 Å². The zero-order valence-corrected chi connectivity index (χ0v) is 14.9.